The first-order valence-corrected chi connectivity index (χ1v) is 9.66. The molecule has 0 spiro atoms. The number of likely N-dealkylation sites (tertiary alicyclic amines) is 1. The van der Waals surface area contributed by atoms with Gasteiger partial charge in [-0.2, -0.15) is 8.78 Å². The highest BCUT2D eigenvalue weighted by Gasteiger charge is 2.22. The van der Waals surface area contributed by atoms with E-state index < -0.39 is 6.61 Å². The second kappa shape index (κ2) is 9.77. The molecule has 0 amide bonds. The van der Waals surface area contributed by atoms with Gasteiger partial charge in [-0.25, -0.2) is 0 Å². The summed E-state index contributed by atoms with van der Waals surface area (Å²) in [5.74, 6) is 1.59. The molecule has 2 N–H and O–H groups in total. The Morgan fingerprint density at radius 3 is 2.79 bits per heavy atom. The first-order chi connectivity index (χ1) is 13.6. The molecule has 28 heavy (non-hydrogen) atoms. The standard InChI is InChI=1S/C19H28F2N4O3/c1-3-25-7-5-4-6-14(25)11-24-19(22-2)23-10-13-8-16-17(27-12-26-16)9-15(13)28-18(20)21/h8-9,14,18H,3-7,10-12H2,1-2H3,(H2,22,23,24). The highest BCUT2D eigenvalue weighted by atomic mass is 19.3. The van der Waals surface area contributed by atoms with Crippen molar-refractivity contribution in [3.05, 3.63) is 17.7 Å². The topological polar surface area (TPSA) is 67.4 Å². The highest BCUT2D eigenvalue weighted by Crippen LogP contribution is 2.38. The van der Waals surface area contributed by atoms with Crippen molar-refractivity contribution in [2.75, 3.05) is 33.5 Å². The maximum atomic E-state index is 12.8. The van der Waals surface area contributed by atoms with Crippen LogP contribution in [0.2, 0.25) is 0 Å². The second-order valence-corrected chi connectivity index (χ2v) is 6.78. The Morgan fingerprint density at radius 2 is 2.07 bits per heavy atom. The Balaban J connectivity index is 1.60. The third-order valence-corrected chi connectivity index (χ3v) is 5.10. The Kier molecular flexibility index (Phi) is 7.13. The average molecular weight is 398 g/mol. The van der Waals surface area contributed by atoms with Gasteiger partial charge in [-0.1, -0.05) is 13.3 Å². The Labute approximate surface area is 164 Å². The molecule has 0 radical (unpaired) electrons. The van der Waals surface area contributed by atoms with E-state index in [-0.39, 0.29) is 19.1 Å². The largest absolute Gasteiger partial charge is 0.454 e. The van der Waals surface area contributed by atoms with Crippen LogP contribution in [0.1, 0.15) is 31.7 Å². The molecule has 1 aromatic carbocycles. The summed E-state index contributed by atoms with van der Waals surface area (Å²) in [6.45, 7) is 2.54. The van der Waals surface area contributed by atoms with Gasteiger partial charge >= 0.3 is 6.61 Å². The van der Waals surface area contributed by atoms with E-state index in [9.17, 15) is 8.78 Å². The molecule has 9 heteroatoms. The van der Waals surface area contributed by atoms with E-state index in [4.69, 9.17) is 9.47 Å². The van der Waals surface area contributed by atoms with E-state index in [1.165, 1.54) is 18.9 Å². The van der Waals surface area contributed by atoms with Crippen molar-refractivity contribution in [3.8, 4) is 17.2 Å². The lowest BCUT2D eigenvalue weighted by molar-refractivity contribution is -0.0505. The minimum atomic E-state index is -2.91. The van der Waals surface area contributed by atoms with Gasteiger partial charge in [-0.3, -0.25) is 9.89 Å². The number of hydrogen-bond acceptors (Lipinski definition) is 5. The molecule has 2 aliphatic heterocycles. The van der Waals surface area contributed by atoms with E-state index in [1.54, 1.807) is 13.1 Å². The molecule has 0 bridgehead atoms. The number of piperidine rings is 1. The number of aliphatic imine (C=N–C) groups is 1. The molecule has 1 aromatic rings. The molecule has 3 rings (SSSR count). The van der Waals surface area contributed by atoms with Gasteiger partial charge in [0.2, 0.25) is 6.79 Å². The molecule has 7 nitrogen and oxygen atoms in total. The number of benzene rings is 1. The van der Waals surface area contributed by atoms with Gasteiger partial charge in [-0.15, -0.1) is 0 Å². The number of nitrogens with zero attached hydrogens (tertiary/aromatic N) is 2. The van der Waals surface area contributed by atoms with Crippen LogP contribution in [0.15, 0.2) is 17.1 Å². The van der Waals surface area contributed by atoms with E-state index in [1.807, 2.05) is 0 Å². The summed E-state index contributed by atoms with van der Waals surface area (Å²) in [5, 5.41) is 6.50. The molecular formula is C19H28F2N4O3. The summed E-state index contributed by atoms with van der Waals surface area (Å²) < 4.78 is 40.7. The first-order valence-electron chi connectivity index (χ1n) is 9.66. The zero-order valence-corrected chi connectivity index (χ0v) is 16.3. The van der Waals surface area contributed by atoms with Gasteiger partial charge in [-0.05, 0) is 32.0 Å². The number of nitrogens with one attached hydrogen (secondary N) is 2. The number of alkyl halides is 2. The van der Waals surface area contributed by atoms with Crippen LogP contribution in [0.4, 0.5) is 8.78 Å². The first kappa shape index (κ1) is 20.4. The monoisotopic (exact) mass is 398 g/mol. The minimum Gasteiger partial charge on any atom is -0.454 e. The van der Waals surface area contributed by atoms with Gasteiger partial charge in [0, 0.05) is 37.8 Å². The zero-order valence-electron chi connectivity index (χ0n) is 16.3. The van der Waals surface area contributed by atoms with Crippen molar-refractivity contribution in [1.29, 1.82) is 0 Å². The molecule has 0 aliphatic carbocycles. The molecule has 1 fully saturated rings. The van der Waals surface area contributed by atoms with Gasteiger partial charge in [0.25, 0.3) is 0 Å². The number of ether oxygens (including phenoxy) is 3. The average Bonchev–Trinajstić information content (AvgIpc) is 3.15. The SMILES string of the molecule is CCN1CCCCC1CNC(=NC)NCc1cc2c(cc1OC(F)F)OCO2. The number of rotatable bonds is 7. The zero-order chi connectivity index (χ0) is 19.9. The van der Waals surface area contributed by atoms with Crippen molar-refractivity contribution >= 4 is 5.96 Å². The Hall–Kier alpha value is -2.29. The van der Waals surface area contributed by atoms with Crippen LogP contribution in [0.5, 0.6) is 17.2 Å². The smallest absolute Gasteiger partial charge is 0.387 e. The molecular weight excluding hydrogens is 370 g/mol. The van der Waals surface area contributed by atoms with Crippen LogP contribution in [0.3, 0.4) is 0 Å². The lowest BCUT2D eigenvalue weighted by Crippen LogP contribution is -2.48. The molecule has 1 saturated heterocycles. The van der Waals surface area contributed by atoms with Crippen molar-refractivity contribution in [2.24, 2.45) is 4.99 Å². The van der Waals surface area contributed by atoms with Gasteiger partial charge in [0.1, 0.15) is 5.75 Å². The van der Waals surface area contributed by atoms with Crippen LogP contribution < -0.4 is 24.8 Å². The molecule has 2 heterocycles. The Bertz CT molecular complexity index is 687. The third-order valence-electron chi connectivity index (χ3n) is 5.10. The fourth-order valence-electron chi connectivity index (χ4n) is 3.63. The third kappa shape index (κ3) is 5.15. The van der Waals surface area contributed by atoms with Gasteiger partial charge < -0.3 is 24.8 Å². The van der Waals surface area contributed by atoms with Crippen molar-refractivity contribution in [2.45, 2.75) is 45.4 Å². The fourth-order valence-corrected chi connectivity index (χ4v) is 3.63. The van der Waals surface area contributed by atoms with Crippen molar-refractivity contribution in [1.82, 2.24) is 15.5 Å². The maximum Gasteiger partial charge on any atom is 0.387 e. The summed E-state index contributed by atoms with van der Waals surface area (Å²) in [7, 11) is 1.68. The summed E-state index contributed by atoms with van der Waals surface area (Å²) in [6, 6.07) is 3.56. The highest BCUT2D eigenvalue weighted by molar-refractivity contribution is 5.79. The minimum absolute atomic E-state index is 0.0617. The van der Waals surface area contributed by atoms with Crippen LogP contribution in [-0.4, -0.2) is 57.0 Å². The number of guanidine groups is 1. The second-order valence-electron chi connectivity index (χ2n) is 6.78. The summed E-state index contributed by atoms with van der Waals surface area (Å²) in [5.41, 5.74) is 0.542. The van der Waals surface area contributed by atoms with Crippen molar-refractivity contribution < 1.29 is 23.0 Å². The molecule has 0 saturated carbocycles. The number of halogens is 2. The predicted octanol–water partition coefficient (Wildman–Crippen LogP) is 2.56. The maximum absolute atomic E-state index is 12.8. The predicted molar refractivity (Wildman–Crippen MR) is 102 cm³/mol. The summed E-state index contributed by atoms with van der Waals surface area (Å²) >= 11 is 0. The molecule has 0 aromatic heterocycles. The van der Waals surface area contributed by atoms with Gasteiger partial charge in [0.15, 0.2) is 17.5 Å². The van der Waals surface area contributed by atoms with Crippen LogP contribution in [-0.2, 0) is 6.54 Å². The molecule has 2 aliphatic rings. The van der Waals surface area contributed by atoms with E-state index in [0.29, 0.717) is 29.1 Å². The van der Waals surface area contributed by atoms with Gasteiger partial charge in [0.05, 0.1) is 0 Å². The van der Waals surface area contributed by atoms with E-state index >= 15 is 0 Å². The lowest BCUT2D eigenvalue weighted by atomic mass is 10.0. The van der Waals surface area contributed by atoms with E-state index in [2.05, 4.69) is 32.2 Å². The number of likely N-dealkylation sites (N-methyl/N-ethyl adjacent to an activating group) is 1. The van der Waals surface area contributed by atoms with Crippen LogP contribution in [0, 0.1) is 0 Å². The quantitative estimate of drug-likeness (QED) is 0.544. The molecule has 1 atom stereocenters. The lowest BCUT2D eigenvalue weighted by Gasteiger charge is -2.35. The Morgan fingerprint density at radius 1 is 1.29 bits per heavy atom. The van der Waals surface area contributed by atoms with E-state index in [0.717, 1.165) is 26.1 Å². The molecule has 1 unspecified atom stereocenters. The fraction of sp³-hybridized carbons (Fsp3) is 0.632. The summed E-state index contributed by atoms with van der Waals surface area (Å²) in [6.07, 6.45) is 3.64. The molecule has 156 valence electrons. The van der Waals surface area contributed by atoms with Crippen molar-refractivity contribution in [3.63, 3.8) is 0 Å². The van der Waals surface area contributed by atoms with Crippen LogP contribution >= 0.6 is 0 Å². The normalized spacial score (nSPS) is 19.8. The van der Waals surface area contributed by atoms with Crippen LogP contribution in [0.25, 0.3) is 0 Å². The summed E-state index contributed by atoms with van der Waals surface area (Å²) in [4.78, 5) is 6.70. The number of hydrogen-bond donors (Lipinski definition) is 2. The number of fused-ring (bicyclic) bond motifs is 1.